The second kappa shape index (κ2) is 7.26. The van der Waals surface area contributed by atoms with Gasteiger partial charge in [0, 0.05) is 18.4 Å². The van der Waals surface area contributed by atoms with Gasteiger partial charge >= 0.3 is 0 Å². The van der Waals surface area contributed by atoms with Crippen LogP contribution in [-0.2, 0) is 4.79 Å². The first-order valence-electron chi connectivity index (χ1n) is 8.63. The average Bonchev–Trinajstić information content (AvgIpc) is 2.66. The Morgan fingerprint density at radius 2 is 1.81 bits per heavy atom. The number of nitrogens with zero attached hydrogens (tertiary/aromatic N) is 3. The Morgan fingerprint density at radius 3 is 2.41 bits per heavy atom. The maximum atomic E-state index is 13.0. The number of carbonyl (C=O) groups is 2. The van der Waals surface area contributed by atoms with E-state index in [9.17, 15) is 9.59 Å². The van der Waals surface area contributed by atoms with E-state index < -0.39 is 5.54 Å². The van der Waals surface area contributed by atoms with E-state index >= 15 is 0 Å². The summed E-state index contributed by atoms with van der Waals surface area (Å²) in [5, 5.41) is 0. The third-order valence-electron chi connectivity index (χ3n) is 4.57. The number of hydrogen-bond donors (Lipinski definition) is 0. The van der Waals surface area contributed by atoms with Crippen LogP contribution >= 0.6 is 0 Å². The van der Waals surface area contributed by atoms with Gasteiger partial charge in [-0.3, -0.25) is 9.59 Å². The van der Waals surface area contributed by atoms with Crippen molar-refractivity contribution in [2.75, 3.05) is 32.2 Å². The van der Waals surface area contributed by atoms with E-state index in [2.05, 4.69) is 4.98 Å². The van der Waals surface area contributed by atoms with Crippen LogP contribution < -0.4 is 14.4 Å². The summed E-state index contributed by atoms with van der Waals surface area (Å²) in [4.78, 5) is 33.2. The molecule has 0 unspecified atom stereocenters. The molecule has 7 nitrogen and oxygen atoms in total. The van der Waals surface area contributed by atoms with Crippen molar-refractivity contribution in [2.24, 2.45) is 0 Å². The van der Waals surface area contributed by atoms with Crippen LogP contribution in [0.15, 0.2) is 42.6 Å². The smallest absolute Gasteiger partial charge is 0.259 e. The first-order valence-corrected chi connectivity index (χ1v) is 8.63. The van der Waals surface area contributed by atoms with Crippen molar-refractivity contribution in [1.82, 2.24) is 9.88 Å². The van der Waals surface area contributed by atoms with Crippen molar-refractivity contribution >= 4 is 17.5 Å². The van der Waals surface area contributed by atoms with Gasteiger partial charge in [0.25, 0.3) is 5.91 Å². The molecule has 2 amide bonds. The van der Waals surface area contributed by atoms with E-state index in [4.69, 9.17) is 9.47 Å². The first-order chi connectivity index (χ1) is 12.9. The lowest BCUT2D eigenvalue weighted by molar-refractivity contribution is -0.122. The molecule has 0 radical (unpaired) electrons. The standard InChI is InChI=1S/C20H23N3O4/c1-20(2)13-22(19(25)16-6-5-11-21-18(16)27-4)12-17(24)23(20)14-7-9-15(26-3)10-8-14/h5-11H,12-13H2,1-4H3. The van der Waals surface area contributed by atoms with Crippen molar-refractivity contribution in [1.29, 1.82) is 0 Å². The second-order valence-corrected chi connectivity index (χ2v) is 6.96. The SMILES string of the molecule is COc1ccc(N2C(=O)CN(C(=O)c3cccnc3OC)CC2(C)C)cc1. The van der Waals surface area contributed by atoms with Crippen LogP contribution in [0.4, 0.5) is 5.69 Å². The number of benzene rings is 1. The molecule has 1 aromatic carbocycles. The van der Waals surface area contributed by atoms with E-state index in [0.29, 0.717) is 12.1 Å². The Balaban J connectivity index is 1.86. The zero-order valence-electron chi connectivity index (χ0n) is 15.9. The van der Waals surface area contributed by atoms with Gasteiger partial charge in [0.1, 0.15) is 17.9 Å². The Kier molecular flexibility index (Phi) is 5.03. The molecule has 0 bridgehead atoms. The Hall–Kier alpha value is -3.09. The number of methoxy groups -OCH3 is 2. The normalized spacial score (nSPS) is 16.2. The zero-order chi connectivity index (χ0) is 19.6. The minimum atomic E-state index is -0.574. The number of piperazine rings is 1. The van der Waals surface area contributed by atoms with E-state index in [1.165, 1.54) is 7.11 Å². The molecular formula is C20H23N3O4. The molecule has 7 heteroatoms. The highest BCUT2D eigenvalue weighted by molar-refractivity contribution is 6.03. The van der Waals surface area contributed by atoms with E-state index in [1.54, 1.807) is 35.2 Å². The molecule has 142 valence electrons. The largest absolute Gasteiger partial charge is 0.497 e. The van der Waals surface area contributed by atoms with Gasteiger partial charge in [-0.1, -0.05) is 0 Å². The molecule has 27 heavy (non-hydrogen) atoms. The molecule has 1 fully saturated rings. The summed E-state index contributed by atoms with van der Waals surface area (Å²) < 4.78 is 10.4. The molecule has 0 spiro atoms. The molecule has 1 aliphatic rings. The van der Waals surface area contributed by atoms with Gasteiger partial charge < -0.3 is 19.3 Å². The first kappa shape index (κ1) is 18.7. The van der Waals surface area contributed by atoms with Gasteiger partial charge in [0.15, 0.2) is 0 Å². The fourth-order valence-electron chi connectivity index (χ4n) is 3.42. The van der Waals surface area contributed by atoms with Gasteiger partial charge in [-0.05, 0) is 50.2 Å². The van der Waals surface area contributed by atoms with Gasteiger partial charge in [0.05, 0.1) is 19.8 Å². The van der Waals surface area contributed by atoms with Crippen molar-refractivity contribution in [3.8, 4) is 11.6 Å². The number of anilines is 1. The number of pyridine rings is 1. The van der Waals surface area contributed by atoms with E-state index in [0.717, 1.165) is 11.4 Å². The highest BCUT2D eigenvalue weighted by Crippen LogP contribution is 2.31. The summed E-state index contributed by atoms with van der Waals surface area (Å²) in [6.45, 7) is 4.26. The van der Waals surface area contributed by atoms with Crippen LogP contribution in [0.2, 0.25) is 0 Å². The zero-order valence-corrected chi connectivity index (χ0v) is 15.9. The van der Waals surface area contributed by atoms with Crippen LogP contribution in [-0.4, -0.2) is 54.5 Å². The summed E-state index contributed by atoms with van der Waals surface area (Å²) in [5.74, 6) is 0.565. The lowest BCUT2D eigenvalue weighted by atomic mass is 9.96. The molecule has 1 aromatic heterocycles. The number of amides is 2. The number of rotatable bonds is 4. The van der Waals surface area contributed by atoms with Crippen LogP contribution in [0.1, 0.15) is 24.2 Å². The fourth-order valence-corrected chi connectivity index (χ4v) is 3.42. The van der Waals surface area contributed by atoms with Crippen molar-refractivity contribution in [3.05, 3.63) is 48.2 Å². The maximum absolute atomic E-state index is 13.0. The molecule has 0 aliphatic carbocycles. The quantitative estimate of drug-likeness (QED) is 0.827. The molecule has 0 atom stereocenters. The minimum Gasteiger partial charge on any atom is -0.497 e. The highest BCUT2D eigenvalue weighted by atomic mass is 16.5. The molecule has 2 aromatic rings. The summed E-state index contributed by atoms with van der Waals surface area (Å²) >= 11 is 0. The predicted molar refractivity (Wildman–Crippen MR) is 101 cm³/mol. The molecule has 1 aliphatic heterocycles. The molecule has 1 saturated heterocycles. The maximum Gasteiger partial charge on any atom is 0.259 e. The van der Waals surface area contributed by atoms with Gasteiger partial charge in [-0.2, -0.15) is 0 Å². The third-order valence-corrected chi connectivity index (χ3v) is 4.57. The van der Waals surface area contributed by atoms with Crippen molar-refractivity contribution < 1.29 is 19.1 Å². The second-order valence-electron chi connectivity index (χ2n) is 6.96. The lowest BCUT2D eigenvalue weighted by Crippen LogP contribution is -2.63. The topological polar surface area (TPSA) is 72.0 Å². The van der Waals surface area contributed by atoms with Crippen LogP contribution in [0.5, 0.6) is 11.6 Å². The Bertz CT molecular complexity index is 849. The molecule has 0 N–H and O–H groups in total. The fraction of sp³-hybridized carbons (Fsp3) is 0.350. The molecule has 0 saturated carbocycles. The lowest BCUT2D eigenvalue weighted by Gasteiger charge is -2.46. The molecule has 3 rings (SSSR count). The predicted octanol–water partition coefficient (Wildman–Crippen LogP) is 2.37. The van der Waals surface area contributed by atoms with Gasteiger partial charge in [-0.25, -0.2) is 4.98 Å². The van der Waals surface area contributed by atoms with Crippen molar-refractivity contribution in [3.63, 3.8) is 0 Å². The molecule has 2 heterocycles. The van der Waals surface area contributed by atoms with Crippen LogP contribution in [0, 0.1) is 0 Å². The minimum absolute atomic E-state index is 0.00760. The summed E-state index contributed by atoms with van der Waals surface area (Å²) in [7, 11) is 3.07. The number of hydrogen-bond acceptors (Lipinski definition) is 5. The number of aromatic nitrogens is 1. The summed E-state index contributed by atoms with van der Waals surface area (Å²) in [5.41, 5.74) is 0.549. The summed E-state index contributed by atoms with van der Waals surface area (Å²) in [6, 6.07) is 10.7. The Labute approximate surface area is 158 Å². The van der Waals surface area contributed by atoms with E-state index in [1.807, 2.05) is 38.1 Å². The third kappa shape index (κ3) is 3.58. The van der Waals surface area contributed by atoms with Crippen molar-refractivity contribution in [2.45, 2.75) is 19.4 Å². The number of ether oxygens (including phenoxy) is 2. The number of carbonyl (C=O) groups excluding carboxylic acids is 2. The highest BCUT2D eigenvalue weighted by Gasteiger charge is 2.41. The summed E-state index contributed by atoms with van der Waals surface area (Å²) in [6.07, 6.45) is 1.56. The van der Waals surface area contributed by atoms with Gasteiger partial charge in [0.2, 0.25) is 11.8 Å². The van der Waals surface area contributed by atoms with Crippen LogP contribution in [0.3, 0.4) is 0 Å². The van der Waals surface area contributed by atoms with E-state index in [-0.39, 0.29) is 24.2 Å². The monoisotopic (exact) mass is 369 g/mol. The van der Waals surface area contributed by atoms with Gasteiger partial charge in [-0.15, -0.1) is 0 Å². The average molecular weight is 369 g/mol. The Morgan fingerprint density at radius 1 is 1.11 bits per heavy atom. The molecular weight excluding hydrogens is 346 g/mol. The van der Waals surface area contributed by atoms with Crippen LogP contribution in [0.25, 0.3) is 0 Å².